The molecule has 0 saturated carbocycles. The van der Waals surface area contributed by atoms with Crippen LogP contribution in [0.25, 0.3) is 45.1 Å². The van der Waals surface area contributed by atoms with E-state index in [4.69, 9.17) is 19.7 Å². The van der Waals surface area contributed by atoms with Gasteiger partial charge in [-0.3, -0.25) is 0 Å². The van der Waals surface area contributed by atoms with Crippen LogP contribution in [0.4, 0.5) is 0 Å². The van der Waals surface area contributed by atoms with Gasteiger partial charge in [-0.15, -0.1) is 0 Å². The smallest absolute Gasteiger partial charge is 0.243 e. The third-order valence-corrected chi connectivity index (χ3v) is 6.73. The molecule has 4 heterocycles. The first kappa shape index (κ1) is 23.0. The molecule has 0 amide bonds. The van der Waals surface area contributed by atoms with Crippen LogP contribution < -0.4 is 9.30 Å². The topological polar surface area (TPSA) is 66.6 Å². The van der Waals surface area contributed by atoms with Crippen molar-refractivity contribution < 1.29 is 9.30 Å². The van der Waals surface area contributed by atoms with Crippen molar-refractivity contribution in [2.24, 2.45) is 21.1 Å². The molecule has 0 fully saturated rings. The highest BCUT2D eigenvalue weighted by Crippen LogP contribution is 2.30. The zero-order valence-electron chi connectivity index (χ0n) is 21.4. The Balaban J connectivity index is 1.33. The molecule has 0 radical (unpaired) electrons. The lowest BCUT2D eigenvalue weighted by Crippen LogP contribution is -2.23. The summed E-state index contributed by atoms with van der Waals surface area (Å²) in [6.45, 7) is 1.60. The number of imidazole rings is 3. The molecule has 6 rings (SSSR count). The van der Waals surface area contributed by atoms with E-state index in [2.05, 4.69) is 49.1 Å². The highest BCUT2D eigenvalue weighted by atomic mass is 16.5. The van der Waals surface area contributed by atoms with Crippen molar-refractivity contribution in [1.82, 2.24) is 28.7 Å². The summed E-state index contributed by atoms with van der Waals surface area (Å²) < 4.78 is 14.7. The molecule has 0 aliphatic carbocycles. The molecule has 0 unspecified atom stereocenters. The number of fused-ring (bicyclic) bond motifs is 2. The zero-order valence-corrected chi connectivity index (χ0v) is 21.4. The lowest BCUT2D eigenvalue weighted by molar-refractivity contribution is -0.671. The molecule has 8 heteroatoms. The van der Waals surface area contributed by atoms with Crippen LogP contribution in [-0.4, -0.2) is 35.3 Å². The standard InChI is InChI=1S/C29H30N7O/c1-33-15-16-36(20-33)14-8-9-17-37-21-18-24(28-31-22-10-4-6-12-26(22)34(28)2)30-25(19-21)29-32-23-11-5-7-13-27(23)35(29)3/h4-7,10-13,15-16,18-20H,8-9,14,17H2,1-3H3/q+1. The van der Waals surface area contributed by atoms with Gasteiger partial charge in [0.05, 0.1) is 42.3 Å². The normalized spacial score (nSPS) is 11.5. The van der Waals surface area contributed by atoms with Gasteiger partial charge in [0.1, 0.15) is 29.5 Å². The van der Waals surface area contributed by atoms with E-state index in [1.54, 1.807) is 0 Å². The summed E-state index contributed by atoms with van der Waals surface area (Å²) in [5, 5.41) is 0. The Morgan fingerprint density at radius 1 is 0.784 bits per heavy atom. The monoisotopic (exact) mass is 492 g/mol. The summed E-state index contributed by atoms with van der Waals surface area (Å²) in [6.07, 6.45) is 8.23. The van der Waals surface area contributed by atoms with Gasteiger partial charge in [0, 0.05) is 26.2 Å². The van der Waals surface area contributed by atoms with Crippen LogP contribution in [0.3, 0.4) is 0 Å². The molecular weight excluding hydrogens is 462 g/mol. The minimum Gasteiger partial charge on any atom is -0.493 e. The molecule has 0 aliphatic rings. The predicted molar refractivity (Wildman–Crippen MR) is 144 cm³/mol. The van der Waals surface area contributed by atoms with E-state index in [0.717, 1.165) is 70.2 Å². The van der Waals surface area contributed by atoms with Crippen molar-refractivity contribution >= 4 is 22.1 Å². The van der Waals surface area contributed by atoms with E-state index in [1.165, 1.54) is 0 Å². The quantitative estimate of drug-likeness (QED) is 0.229. The lowest BCUT2D eigenvalue weighted by Gasteiger charge is -2.11. The first-order chi connectivity index (χ1) is 18.1. The fourth-order valence-corrected chi connectivity index (χ4v) is 4.79. The summed E-state index contributed by atoms with van der Waals surface area (Å²) in [5.41, 5.74) is 5.53. The highest BCUT2D eigenvalue weighted by Gasteiger charge is 2.17. The number of nitrogens with zero attached hydrogens (tertiary/aromatic N) is 7. The molecule has 0 bridgehead atoms. The molecule has 186 valence electrons. The maximum absolute atomic E-state index is 6.27. The molecule has 6 aromatic rings. The third kappa shape index (κ3) is 4.46. The van der Waals surface area contributed by atoms with Crippen LogP contribution in [-0.2, 0) is 27.7 Å². The second-order valence-electron chi connectivity index (χ2n) is 9.41. The van der Waals surface area contributed by atoms with Crippen LogP contribution in [0.15, 0.2) is 79.4 Å². The zero-order chi connectivity index (χ0) is 25.4. The van der Waals surface area contributed by atoms with Crippen molar-refractivity contribution in [3.8, 4) is 28.8 Å². The Bertz CT molecular complexity index is 1610. The van der Waals surface area contributed by atoms with Gasteiger partial charge in [0.2, 0.25) is 6.33 Å². The van der Waals surface area contributed by atoms with Crippen molar-refractivity contribution in [3.05, 3.63) is 79.4 Å². The highest BCUT2D eigenvalue weighted by molar-refractivity contribution is 5.82. The average Bonchev–Trinajstić information content (AvgIpc) is 3.59. The van der Waals surface area contributed by atoms with Crippen LogP contribution >= 0.6 is 0 Å². The van der Waals surface area contributed by atoms with Gasteiger partial charge < -0.3 is 13.9 Å². The molecular formula is C29H30N7O+. The van der Waals surface area contributed by atoms with Gasteiger partial charge in [-0.1, -0.05) is 24.3 Å². The fourth-order valence-electron chi connectivity index (χ4n) is 4.79. The minimum absolute atomic E-state index is 0.626. The van der Waals surface area contributed by atoms with Gasteiger partial charge in [0.15, 0.2) is 11.6 Å². The molecule has 0 aliphatic heterocycles. The summed E-state index contributed by atoms with van der Waals surface area (Å²) in [7, 11) is 6.08. The number of ether oxygens (including phenoxy) is 1. The van der Waals surface area contributed by atoms with Crippen LogP contribution in [0, 0.1) is 0 Å². The van der Waals surface area contributed by atoms with E-state index >= 15 is 0 Å². The van der Waals surface area contributed by atoms with Crippen molar-refractivity contribution in [3.63, 3.8) is 0 Å². The van der Waals surface area contributed by atoms with E-state index < -0.39 is 0 Å². The lowest BCUT2D eigenvalue weighted by atomic mass is 10.2. The summed E-state index contributed by atoms with van der Waals surface area (Å²) in [5.74, 6) is 2.37. The van der Waals surface area contributed by atoms with Crippen molar-refractivity contribution in [2.75, 3.05) is 6.61 Å². The molecule has 37 heavy (non-hydrogen) atoms. The maximum atomic E-state index is 6.27. The van der Waals surface area contributed by atoms with Crippen LogP contribution in [0.1, 0.15) is 12.8 Å². The number of benzene rings is 2. The minimum atomic E-state index is 0.626. The molecule has 0 saturated heterocycles. The average molecular weight is 493 g/mol. The van der Waals surface area contributed by atoms with Gasteiger partial charge in [-0.2, -0.15) is 0 Å². The van der Waals surface area contributed by atoms with Gasteiger partial charge in [-0.05, 0) is 37.1 Å². The molecule has 0 N–H and O–H groups in total. The number of hydrogen-bond acceptors (Lipinski definition) is 4. The first-order valence-corrected chi connectivity index (χ1v) is 12.6. The molecule has 0 spiro atoms. The van der Waals surface area contributed by atoms with E-state index in [1.807, 2.05) is 69.7 Å². The molecule has 2 aromatic carbocycles. The number of para-hydroxylation sites is 4. The summed E-state index contributed by atoms with van der Waals surface area (Å²) in [4.78, 5) is 14.8. The Morgan fingerprint density at radius 2 is 1.38 bits per heavy atom. The number of pyridine rings is 1. The second-order valence-corrected chi connectivity index (χ2v) is 9.41. The Labute approximate surface area is 215 Å². The van der Waals surface area contributed by atoms with Gasteiger partial charge in [0.25, 0.3) is 0 Å². The van der Waals surface area contributed by atoms with Crippen molar-refractivity contribution in [1.29, 1.82) is 0 Å². The second kappa shape index (κ2) is 9.54. The van der Waals surface area contributed by atoms with E-state index in [9.17, 15) is 0 Å². The molecule has 0 atom stereocenters. The van der Waals surface area contributed by atoms with Crippen molar-refractivity contribution in [2.45, 2.75) is 19.4 Å². The Kier molecular flexibility index (Phi) is 5.92. The Morgan fingerprint density at radius 3 is 1.92 bits per heavy atom. The molecule has 4 aromatic heterocycles. The summed E-state index contributed by atoms with van der Waals surface area (Å²) in [6, 6.07) is 20.2. The Hall–Kier alpha value is -4.46. The van der Waals surface area contributed by atoms with E-state index in [-0.39, 0.29) is 0 Å². The maximum Gasteiger partial charge on any atom is 0.243 e. The number of aromatic nitrogens is 7. The number of rotatable bonds is 8. The van der Waals surface area contributed by atoms with Crippen LogP contribution in [0.2, 0.25) is 0 Å². The number of hydrogen-bond donors (Lipinski definition) is 0. The van der Waals surface area contributed by atoms with Gasteiger partial charge >= 0.3 is 0 Å². The number of unbranched alkanes of at least 4 members (excludes halogenated alkanes) is 1. The van der Waals surface area contributed by atoms with E-state index in [0.29, 0.717) is 6.61 Å². The fraction of sp³-hybridized carbons (Fsp3) is 0.241. The first-order valence-electron chi connectivity index (χ1n) is 12.6. The van der Waals surface area contributed by atoms with Crippen LogP contribution in [0.5, 0.6) is 5.75 Å². The van der Waals surface area contributed by atoms with Gasteiger partial charge in [-0.25, -0.2) is 24.1 Å². The third-order valence-electron chi connectivity index (χ3n) is 6.73. The SMILES string of the molecule is Cn1c(-c2cc(OCCCCn3cc[n+](C)c3)cc(-c3nc4ccccc4n3C)n2)nc2ccccc21. The predicted octanol–water partition coefficient (Wildman–Crippen LogP) is 4.67. The largest absolute Gasteiger partial charge is 0.493 e. The molecule has 8 nitrogen and oxygen atoms in total. The summed E-state index contributed by atoms with van der Waals surface area (Å²) >= 11 is 0. The number of aryl methyl sites for hydroxylation is 4.